The summed E-state index contributed by atoms with van der Waals surface area (Å²) in [6, 6.07) is 6.61. The van der Waals surface area contributed by atoms with Gasteiger partial charge in [-0.15, -0.1) is 0 Å². The quantitative estimate of drug-likeness (QED) is 0.480. The van der Waals surface area contributed by atoms with Crippen molar-refractivity contribution in [3.63, 3.8) is 0 Å². The van der Waals surface area contributed by atoms with Crippen LogP contribution in [0.25, 0.3) is 0 Å². The smallest absolute Gasteiger partial charge is 0.143 e. The number of rotatable bonds is 5. The van der Waals surface area contributed by atoms with E-state index in [1.165, 1.54) is 12.1 Å². The molecule has 1 aliphatic rings. The van der Waals surface area contributed by atoms with Crippen molar-refractivity contribution in [1.29, 1.82) is 0 Å². The molecule has 2 aromatic rings. The first-order valence-electron chi connectivity index (χ1n) is 9.34. The fraction of sp³-hybridized carbons (Fsp3) is 0.381. The highest BCUT2D eigenvalue weighted by Crippen LogP contribution is 2.34. The minimum atomic E-state index is -0.0287. The van der Waals surface area contributed by atoms with Crippen molar-refractivity contribution in [1.82, 2.24) is 4.90 Å². The number of halogens is 4. The maximum atomic E-state index is 10.3. The van der Waals surface area contributed by atoms with Gasteiger partial charge in [0.15, 0.2) is 0 Å². The van der Waals surface area contributed by atoms with E-state index in [0.29, 0.717) is 27.7 Å². The number of likely N-dealkylation sites (N-methyl/N-ethyl adjacent to an activating group) is 1. The number of benzene rings is 2. The van der Waals surface area contributed by atoms with E-state index in [9.17, 15) is 10.2 Å². The monoisotopic (exact) mass is 474 g/mol. The summed E-state index contributed by atoms with van der Waals surface area (Å²) in [5.74, 6) is 0.0243. The summed E-state index contributed by atoms with van der Waals surface area (Å²) in [4.78, 5) is 6.90. The lowest BCUT2D eigenvalue weighted by molar-refractivity contribution is 0.162. The van der Waals surface area contributed by atoms with Crippen molar-refractivity contribution in [3.05, 3.63) is 55.5 Å². The molecule has 0 heterocycles. The molecular formula is C21H22Cl4N2O2. The molecule has 1 fully saturated rings. The Kier molecular flexibility index (Phi) is 7.58. The molecule has 0 amide bonds. The van der Waals surface area contributed by atoms with Crippen LogP contribution in [0.5, 0.6) is 11.5 Å². The van der Waals surface area contributed by atoms with Gasteiger partial charge in [0.25, 0.3) is 0 Å². The molecule has 2 N–H and O–H groups in total. The van der Waals surface area contributed by atoms with Crippen LogP contribution in [0.2, 0.25) is 20.1 Å². The molecule has 0 bridgehead atoms. The van der Waals surface area contributed by atoms with Gasteiger partial charge < -0.3 is 10.2 Å². The van der Waals surface area contributed by atoms with Crippen molar-refractivity contribution in [2.75, 3.05) is 7.05 Å². The number of hydrogen-bond acceptors (Lipinski definition) is 4. The number of phenols is 2. The minimum absolute atomic E-state index is 0.0287. The van der Waals surface area contributed by atoms with E-state index in [-0.39, 0.29) is 33.6 Å². The number of nitrogens with zero attached hydrogens (tertiary/aromatic N) is 2. The predicted molar refractivity (Wildman–Crippen MR) is 121 cm³/mol. The Labute approximate surface area is 190 Å². The summed E-state index contributed by atoms with van der Waals surface area (Å²) >= 11 is 24.2. The van der Waals surface area contributed by atoms with Crippen LogP contribution in [-0.4, -0.2) is 40.5 Å². The fourth-order valence-electron chi connectivity index (χ4n) is 3.77. The average molecular weight is 476 g/mol. The Hall–Kier alpha value is -1.17. The van der Waals surface area contributed by atoms with Crippen LogP contribution in [0.3, 0.4) is 0 Å². The van der Waals surface area contributed by atoms with Gasteiger partial charge in [0.1, 0.15) is 11.5 Å². The standard InChI is InChI=1S/C21H22Cl4N2O2/c1-27(11-13-7-15(23)9-17(25)21(13)29)19-5-3-2-4-18(19)26-10-12-6-14(22)8-16(24)20(12)28/h6-10,18-19,28-29H,2-5,11H2,1H3. The predicted octanol–water partition coefficient (Wildman–Crippen LogP) is 6.57. The second-order valence-corrected chi connectivity index (χ2v) is 9.02. The highest BCUT2D eigenvalue weighted by atomic mass is 35.5. The Morgan fingerprint density at radius 1 is 0.966 bits per heavy atom. The Bertz CT molecular complexity index is 920. The van der Waals surface area contributed by atoms with Crippen molar-refractivity contribution in [2.24, 2.45) is 4.99 Å². The number of hydrogen-bond donors (Lipinski definition) is 2. The maximum Gasteiger partial charge on any atom is 0.143 e. The van der Waals surface area contributed by atoms with E-state index in [0.717, 1.165) is 25.7 Å². The first-order valence-corrected chi connectivity index (χ1v) is 10.9. The summed E-state index contributed by atoms with van der Waals surface area (Å²) in [5, 5.41) is 21.8. The Morgan fingerprint density at radius 2 is 1.59 bits per heavy atom. The van der Waals surface area contributed by atoms with Gasteiger partial charge in [-0.1, -0.05) is 59.2 Å². The van der Waals surface area contributed by atoms with Gasteiger partial charge in [-0.25, -0.2) is 0 Å². The van der Waals surface area contributed by atoms with Gasteiger partial charge in [0.05, 0.1) is 16.1 Å². The molecule has 0 aromatic heterocycles. The lowest BCUT2D eigenvalue weighted by Crippen LogP contribution is -2.42. The molecule has 2 atom stereocenters. The van der Waals surface area contributed by atoms with E-state index in [2.05, 4.69) is 4.90 Å². The summed E-state index contributed by atoms with van der Waals surface area (Å²) < 4.78 is 0. The maximum absolute atomic E-state index is 10.3. The number of phenolic OH excluding ortho intramolecular Hbond substituents is 2. The second-order valence-electron chi connectivity index (χ2n) is 7.33. The summed E-state index contributed by atoms with van der Waals surface area (Å²) in [5.41, 5.74) is 1.17. The molecule has 156 valence electrons. The fourth-order valence-corrected chi connectivity index (χ4v) is 4.81. The van der Waals surface area contributed by atoms with Crippen molar-refractivity contribution in [2.45, 2.75) is 44.3 Å². The van der Waals surface area contributed by atoms with Crippen LogP contribution in [-0.2, 0) is 6.54 Å². The molecule has 2 aromatic carbocycles. The molecule has 1 saturated carbocycles. The highest BCUT2D eigenvalue weighted by Gasteiger charge is 2.28. The third kappa shape index (κ3) is 5.50. The Balaban J connectivity index is 1.79. The zero-order chi connectivity index (χ0) is 21.1. The van der Waals surface area contributed by atoms with Crippen molar-refractivity contribution < 1.29 is 10.2 Å². The van der Waals surface area contributed by atoms with Crippen LogP contribution in [0, 0.1) is 0 Å². The lowest BCUT2D eigenvalue weighted by Gasteiger charge is -2.36. The molecule has 3 rings (SSSR count). The van der Waals surface area contributed by atoms with Gasteiger partial charge >= 0.3 is 0 Å². The molecule has 2 unspecified atom stereocenters. The first kappa shape index (κ1) is 22.5. The van der Waals surface area contributed by atoms with E-state index in [4.69, 9.17) is 51.4 Å². The molecule has 0 radical (unpaired) electrons. The van der Waals surface area contributed by atoms with Crippen molar-refractivity contribution in [3.8, 4) is 11.5 Å². The average Bonchev–Trinajstić information content (AvgIpc) is 2.67. The summed E-state index contributed by atoms with van der Waals surface area (Å²) in [7, 11) is 2.00. The van der Waals surface area contributed by atoms with Gasteiger partial charge in [-0.05, 0) is 44.2 Å². The van der Waals surface area contributed by atoms with E-state index in [1.807, 2.05) is 7.05 Å². The zero-order valence-electron chi connectivity index (χ0n) is 15.9. The molecule has 1 aliphatic carbocycles. The van der Waals surface area contributed by atoms with E-state index < -0.39 is 0 Å². The number of aliphatic imine (C=N–C) groups is 1. The summed E-state index contributed by atoms with van der Waals surface area (Å²) in [6.45, 7) is 0.497. The largest absolute Gasteiger partial charge is 0.506 e. The topological polar surface area (TPSA) is 56.1 Å². The SMILES string of the molecule is CN(Cc1cc(Cl)cc(Cl)c1O)C1CCCCC1N=Cc1cc(Cl)cc(Cl)c1O. The molecule has 29 heavy (non-hydrogen) atoms. The molecule has 0 spiro atoms. The van der Waals surface area contributed by atoms with Gasteiger partial charge in [-0.2, -0.15) is 0 Å². The second kappa shape index (κ2) is 9.76. The van der Waals surface area contributed by atoms with Crippen LogP contribution in [0.1, 0.15) is 36.8 Å². The Morgan fingerprint density at radius 3 is 2.31 bits per heavy atom. The lowest BCUT2D eigenvalue weighted by atomic mass is 9.89. The third-order valence-corrected chi connectivity index (χ3v) is 6.26. The highest BCUT2D eigenvalue weighted by molar-refractivity contribution is 6.36. The van der Waals surface area contributed by atoms with Gasteiger partial charge in [0.2, 0.25) is 0 Å². The van der Waals surface area contributed by atoms with E-state index in [1.54, 1.807) is 18.3 Å². The molecule has 0 aliphatic heterocycles. The van der Waals surface area contributed by atoms with Crippen LogP contribution >= 0.6 is 46.4 Å². The molecule has 4 nitrogen and oxygen atoms in total. The molecular weight excluding hydrogens is 454 g/mol. The van der Waals surface area contributed by atoms with Crippen LogP contribution < -0.4 is 0 Å². The zero-order valence-corrected chi connectivity index (χ0v) is 18.9. The molecule has 0 saturated heterocycles. The third-order valence-electron chi connectivity index (χ3n) is 5.25. The van der Waals surface area contributed by atoms with Gasteiger partial charge in [0, 0.05) is 40.0 Å². The molecule has 8 heteroatoms. The van der Waals surface area contributed by atoms with Crippen LogP contribution in [0.4, 0.5) is 0 Å². The first-order chi connectivity index (χ1) is 13.8. The minimum Gasteiger partial charge on any atom is -0.506 e. The van der Waals surface area contributed by atoms with Crippen LogP contribution in [0.15, 0.2) is 29.3 Å². The number of aromatic hydroxyl groups is 2. The van der Waals surface area contributed by atoms with Crippen molar-refractivity contribution >= 4 is 52.6 Å². The normalized spacial score (nSPS) is 19.9. The summed E-state index contributed by atoms with van der Waals surface area (Å²) in [6.07, 6.45) is 5.75. The van der Waals surface area contributed by atoms with E-state index >= 15 is 0 Å². The van der Waals surface area contributed by atoms with Gasteiger partial charge in [-0.3, -0.25) is 9.89 Å².